The van der Waals surface area contributed by atoms with Crippen LogP contribution in [0.1, 0.15) is 24.3 Å². The van der Waals surface area contributed by atoms with E-state index >= 15 is 0 Å². The van der Waals surface area contributed by atoms with Crippen molar-refractivity contribution >= 4 is 37.4 Å². The van der Waals surface area contributed by atoms with Crippen molar-refractivity contribution in [1.82, 2.24) is 0 Å². The lowest BCUT2D eigenvalue weighted by Crippen LogP contribution is -1.85. The SMILES string of the molecule is CC.COc1cc2c(Br)c(C)sc2cc1C. The number of halogens is 1. The van der Waals surface area contributed by atoms with Crippen LogP contribution in [0.25, 0.3) is 10.1 Å². The van der Waals surface area contributed by atoms with E-state index in [0.717, 1.165) is 5.75 Å². The van der Waals surface area contributed by atoms with Crippen LogP contribution in [-0.4, -0.2) is 7.11 Å². The number of hydrogen-bond donors (Lipinski definition) is 0. The van der Waals surface area contributed by atoms with Gasteiger partial charge in [0.15, 0.2) is 0 Å². The molecule has 16 heavy (non-hydrogen) atoms. The van der Waals surface area contributed by atoms with E-state index in [0.29, 0.717) is 0 Å². The number of benzene rings is 1. The van der Waals surface area contributed by atoms with E-state index in [2.05, 4.69) is 41.9 Å². The summed E-state index contributed by atoms with van der Waals surface area (Å²) in [4.78, 5) is 1.31. The van der Waals surface area contributed by atoms with E-state index in [-0.39, 0.29) is 0 Å². The van der Waals surface area contributed by atoms with E-state index in [4.69, 9.17) is 4.74 Å². The molecule has 1 aromatic carbocycles. The predicted octanol–water partition coefficient (Wildman–Crippen LogP) is 5.32. The molecule has 2 aromatic rings. The molecule has 1 heterocycles. The first-order valence-electron chi connectivity index (χ1n) is 5.36. The van der Waals surface area contributed by atoms with Gasteiger partial charge in [-0.25, -0.2) is 0 Å². The van der Waals surface area contributed by atoms with Gasteiger partial charge in [-0.2, -0.15) is 0 Å². The van der Waals surface area contributed by atoms with Crippen LogP contribution in [-0.2, 0) is 0 Å². The van der Waals surface area contributed by atoms with E-state index in [1.54, 1.807) is 7.11 Å². The molecule has 0 spiro atoms. The molecule has 0 saturated heterocycles. The Kier molecular flexibility index (Phi) is 4.81. The highest BCUT2D eigenvalue weighted by Crippen LogP contribution is 2.38. The van der Waals surface area contributed by atoms with Gasteiger partial charge in [0.05, 0.1) is 7.11 Å². The van der Waals surface area contributed by atoms with Crippen LogP contribution < -0.4 is 4.74 Å². The zero-order chi connectivity index (χ0) is 12.3. The average Bonchev–Trinajstić information content (AvgIpc) is 2.56. The summed E-state index contributed by atoms with van der Waals surface area (Å²) in [5.74, 6) is 0.955. The quantitative estimate of drug-likeness (QED) is 0.693. The molecular formula is C13H17BrOS. The zero-order valence-corrected chi connectivity index (χ0v) is 12.8. The van der Waals surface area contributed by atoms with Gasteiger partial charge >= 0.3 is 0 Å². The average molecular weight is 301 g/mol. The topological polar surface area (TPSA) is 9.23 Å². The monoisotopic (exact) mass is 300 g/mol. The molecule has 0 N–H and O–H groups in total. The largest absolute Gasteiger partial charge is 0.496 e. The number of hydrogen-bond acceptors (Lipinski definition) is 2. The molecule has 0 atom stereocenters. The Morgan fingerprint density at radius 3 is 2.38 bits per heavy atom. The van der Waals surface area contributed by atoms with Gasteiger partial charge in [0.2, 0.25) is 0 Å². The fourth-order valence-corrected chi connectivity index (χ4v) is 3.28. The van der Waals surface area contributed by atoms with Gasteiger partial charge in [0, 0.05) is 19.4 Å². The van der Waals surface area contributed by atoms with Crippen molar-refractivity contribution in [2.24, 2.45) is 0 Å². The van der Waals surface area contributed by atoms with E-state index in [1.165, 1.54) is 25.0 Å². The first kappa shape index (κ1) is 13.5. The van der Waals surface area contributed by atoms with Crippen LogP contribution in [0.15, 0.2) is 16.6 Å². The Bertz CT molecular complexity index is 488. The first-order valence-corrected chi connectivity index (χ1v) is 6.97. The highest BCUT2D eigenvalue weighted by molar-refractivity contribution is 9.10. The number of rotatable bonds is 1. The van der Waals surface area contributed by atoms with E-state index in [1.807, 2.05) is 25.2 Å². The summed E-state index contributed by atoms with van der Waals surface area (Å²) in [5, 5.41) is 1.25. The van der Waals surface area contributed by atoms with Crippen LogP contribution in [0, 0.1) is 13.8 Å². The second-order valence-electron chi connectivity index (χ2n) is 3.29. The maximum atomic E-state index is 5.30. The summed E-state index contributed by atoms with van der Waals surface area (Å²) in [7, 11) is 1.71. The van der Waals surface area contributed by atoms with Crippen molar-refractivity contribution in [1.29, 1.82) is 0 Å². The molecule has 0 radical (unpaired) electrons. The lowest BCUT2D eigenvalue weighted by molar-refractivity contribution is 0.412. The van der Waals surface area contributed by atoms with Gasteiger partial charge in [-0.3, -0.25) is 0 Å². The van der Waals surface area contributed by atoms with Crippen LogP contribution in [0.2, 0.25) is 0 Å². The van der Waals surface area contributed by atoms with Crippen molar-refractivity contribution in [2.75, 3.05) is 7.11 Å². The molecule has 0 aliphatic carbocycles. The molecule has 1 aromatic heterocycles. The minimum Gasteiger partial charge on any atom is -0.496 e. The minimum absolute atomic E-state index is 0.955. The molecule has 0 aliphatic rings. The summed E-state index contributed by atoms with van der Waals surface area (Å²) in [6.07, 6.45) is 0. The Balaban J connectivity index is 0.000000606. The molecule has 0 amide bonds. The lowest BCUT2D eigenvalue weighted by atomic mass is 10.2. The maximum absolute atomic E-state index is 5.30. The van der Waals surface area contributed by atoms with Gasteiger partial charge in [0.1, 0.15) is 5.75 Å². The Morgan fingerprint density at radius 2 is 1.81 bits per heavy atom. The Morgan fingerprint density at radius 1 is 1.19 bits per heavy atom. The van der Waals surface area contributed by atoms with Crippen molar-refractivity contribution in [3.63, 3.8) is 0 Å². The van der Waals surface area contributed by atoms with Crippen molar-refractivity contribution < 1.29 is 4.74 Å². The van der Waals surface area contributed by atoms with E-state index < -0.39 is 0 Å². The number of fused-ring (bicyclic) bond motifs is 1. The second kappa shape index (κ2) is 5.69. The van der Waals surface area contributed by atoms with Crippen LogP contribution >= 0.6 is 27.3 Å². The van der Waals surface area contributed by atoms with Gasteiger partial charge in [-0.05, 0) is 47.5 Å². The smallest absolute Gasteiger partial charge is 0.122 e. The third-order valence-corrected chi connectivity index (χ3v) is 4.66. The number of aryl methyl sites for hydroxylation is 2. The molecule has 0 bridgehead atoms. The molecule has 3 heteroatoms. The molecule has 0 fully saturated rings. The second-order valence-corrected chi connectivity index (χ2v) is 5.34. The summed E-state index contributed by atoms with van der Waals surface area (Å²) < 4.78 is 7.80. The lowest BCUT2D eigenvalue weighted by Gasteiger charge is -2.03. The van der Waals surface area contributed by atoms with Crippen molar-refractivity contribution in [3.05, 3.63) is 27.0 Å². The molecule has 88 valence electrons. The van der Waals surface area contributed by atoms with Crippen LogP contribution in [0.4, 0.5) is 0 Å². The Hall–Kier alpha value is -0.540. The number of thiophene rings is 1. The van der Waals surface area contributed by atoms with Gasteiger partial charge in [0.25, 0.3) is 0 Å². The molecule has 0 aliphatic heterocycles. The summed E-state index contributed by atoms with van der Waals surface area (Å²) in [6.45, 7) is 8.19. The number of methoxy groups -OCH3 is 1. The maximum Gasteiger partial charge on any atom is 0.122 e. The van der Waals surface area contributed by atoms with Crippen molar-refractivity contribution in [2.45, 2.75) is 27.7 Å². The van der Waals surface area contributed by atoms with Gasteiger partial charge in [-0.15, -0.1) is 11.3 Å². The Labute approximate surface area is 110 Å². The molecule has 1 nitrogen and oxygen atoms in total. The van der Waals surface area contributed by atoms with Gasteiger partial charge < -0.3 is 4.74 Å². The predicted molar refractivity (Wildman–Crippen MR) is 76.9 cm³/mol. The van der Waals surface area contributed by atoms with Crippen LogP contribution in [0.5, 0.6) is 5.75 Å². The fraction of sp³-hybridized carbons (Fsp3) is 0.385. The molecule has 0 unspecified atom stereocenters. The molecule has 0 saturated carbocycles. The standard InChI is InChI=1S/C11H11BrOS.C2H6/c1-6-4-10-8(5-9(6)13-3)11(12)7(2)14-10;1-2/h4-5H,1-3H3;1-2H3. The normalized spacial score (nSPS) is 9.88. The van der Waals surface area contributed by atoms with Crippen molar-refractivity contribution in [3.8, 4) is 5.75 Å². The summed E-state index contributed by atoms with van der Waals surface area (Å²) in [5.41, 5.74) is 1.19. The van der Waals surface area contributed by atoms with E-state index in [9.17, 15) is 0 Å². The summed E-state index contributed by atoms with van der Waals surface area (Å²) >= 11 is 5.40. The highest BCUT2D eigenvalue weighted by atomic mass is 79.9. The third-order valence-electron chi connectivity index (χ3n) is 2.31. The highest BCUT2D eigenvalue weighted by Gasteiger charge is 2.09. The zero-order valence-electron chi connectivity index (χ0n) is 10.3. The summed E-state index contributed by atoms with van der Waals surface area (Å²) in [6, 6.07) is 4.27. The minimum atomic E-state index is 0.955. The molecular weight excluding hydrogens is 284 g/mol. The first-order chi connectivity index (χ1) is 7.63. The third kappa shape index (κ3) is 2.41. The number of ether oxygens (including phenoxy) is 1. The fourth-order valence-electron chi connectivity index (χ4n) is 1.54. The van der Waals surface area contributed by atoms with Crippen LogP contribution in [0.3, 0.4) is 0 Å². The van der Waals surface area contributed by atoms with Gasteiger partial charge in [-0.1, -0.05) is 13.8 Å². The molecule has 2 rings (SSSR count).